The Labute approximate surface area is 61.7 Å². The van der Waals surface area contributed by atoms with Gasteiger partial charge in [-0.05, 0) is 19.9 Å². The van der Waals surface area contributed by atoms with Gasteiger partial charge in [0.1, 0.15) is 0 Å². The van der Waals surface area contributed by atoms with E-state index in [4.69, 9.17) is 5.84 Å². The summed E-state index contributed by atoms with van der Waals surface area (Å²) in [5.74, 6) is 7.47. The molecule has 0 aliphatic carbocycles. The smallest absolute Gasteiger partial charge is 0.0301 e. The van der Waals surface area contributed by atoms with Gasteiger partial charge in [0, 0.05) is 25.2 Å². The summed E-state index contributed by atoms with van der Waals surface area (Å²) >= 11 is 0. The second-order valence-electron chi connectivity index (χ2n) is 3.46. The maximum atomic E-state index is 7.47. The Morgan fingerprint density at radius 2 is 1.70 bits per heavy atom. The molecule has 2 fully saturated rings. The number of hydrogen-bond donors (Lipinski definition) is 0. The minimum Gasteiger partial charge on any atom is -0.298 e. The zero-order chi connectivity index (χ0) is 7.14. The molecule has 0 aromatic heterocycles. The van der Waals surface area contributed by atoms with Gasteiger partial charge in [-0.3, -0.25) is 4.90 Å². The third-order valence-corrected chi connectivity index (χ3v) is 2.85. The SMILES string of the molecule is CN1C2CCC1CN([NH])C2. The first kappa shape index (κ1) is 6.58. The topological polar surface area (TPSA) is 30.3 Å². The molecule has 0 saturated carbocycles. The highest BCUT2D eigenvalue weighted by Crippen LogP contribution is 2.26. The Kier molecular flexibility index (Phi) is 1.44. The van der Waals surface area contributed by atoms with Crippen molar-refractivity contribution < 1.29 is 0 Å². The van der Waals surface area contributed by atoms with Gasteiger partial charge in [0.2, 0.25) is 0 Å². The molecular formula is C7H14N3. The quantitative estimate of drug-likeness (QED) is 0.472. The van der Waals surface area contributed by atoms with Crippen molar-refractivity contribution in [2.45, 2.75) is 24.9 Å². The van der Waals surface area contributed by atoms with Crippen LogP contribution >= 0.6 is 0 Å². The summed E-state index contributed by atoms with van der Waals surface area (Å²) in [7, 11) is 2.19. The Morgan fingerprint density at radius 1 is 1.20 bits per heavy atom. The Hall–Kier alpha value is -0.120. The van der Waals surface area contributed by atoms with E-state index in [1.54, 1.807) is 5.01 Å². The van der Waals surface area contributed by atoms with Crippen LogP contribution in [-0.4, -0.2) is 42.1 Å². The van der Waals surface area contributed by atoms with Gasteiger partial charge >= 0.3 is 0 Å². The van der Waals surface area contributed by atoms with Crippen LogP contribution in [0.5, 0.6) is 0 Å². The van der Waals surface area contributed by atoms with E-state index in [1.807, 2.05) is 0 Å². The molecule has 0 amide bonds. The van der Waals surface area contributed by atoms with Gasteiger partial charge < -0.3 is 0 Å². The van der Waals surface area contributed by atoms with E-state index in [0.717, 1.165) is 13.1 Å². The highest BCUT2D eigenvalue weighted by atomic mass is 15.5. The van der Waals surface area contributed by atoms with E-state index < -0.39 is 0 Å². The molecule has 2 saturated heterocycles. The van der Waals surface area contributed by atoms with E-state index in [1.165, 1.54) is 12.8 Å². The lowest BCUT2D eigenvalue weighted by Crippen LogP contribution is -2.51. The van der Waals surface area contributed by atoms with Crippen LogP contribution in [0.15, 0.2) is 0 Å². The van der Waals surface area contributed by atoms with Crippen LogP contribution in [-0.2, 0) is 0 Å². The van der Waals surface area contributed by atoms with Gasteiger partial charge in [-0.2, -0.15) is 5.84 Å². The van der Waals surface area contributed by atoms with Crippen LogP contribution < -0.4 is 5.84 Å². The molecule has 10 heavy (non-hydrogen) atoms. The average Bonchev–Trinajstić information content (AvgIpc) is 2.20. The van der Waals surface area contributed by atoms with Crippen molar-refractivity contribution in [2.75, 3.05) is 20.1 Å². The van der Waals surface area contributed by atoms with Crippen molar-refractivity contribution in [1.29, 1.82) is 0 Å². The summed E-state index contributed by atoms with van der Waals surface area (Å²) in [4.78, 5) is 2.44. The Bertz CT molecular complexity index is 123. The van der Waals surface area contributed by atoms with Gasteiger partial charge in [-0.25, -0.2) is 5.01 Å². The molecule has 2 bridgehead atoms. The summed E-state index contributed by atoms with van der Waals surface area (Å²) < 4.78 is 0. The molecule has 0 aromatic rings. The molecule has 2 atom stereocenters. The second-order valence-corrected chi connectivity index (χ2v) is 3.46. The molecule has 3 nitrogen and oxygen atoms in total. The van der Waals surface area contributed by atoms with Gasteiger partial charge in [0.05, 0.1) is 0 Å². The Morgan fingerprint density at radius 3 is 2.20 bits per heavy atom. The summed E-state index contributed by atoms with van der Waals surface area (Å²) in [5, 5.41) is 1.71. The molecule has 1 N–H and O–H groups in total. The number of nitrogens with zero attached hydrogens (tertiary/aromatic N) is 2. The molecular weight excluding hydrogens is 126 g/mol. The van der Waals surface area contributed by atoms with Crippen molar-refractivity contribution in [3.63, 3.8) is 0 Å². The van der Waals surface area contributed by atoms with Crippen LogP contribution in [0.2, 0.25) is 0 Å². The molecule has 2 rings (SSSR count). The maximum absolute atomic E-state index is 7.47. The first-order chi connectivity index (χ1) is 4.77. The van der Waals surface area contributed by atoms with Crippen molar-refractivity contribution in [2.24, 2.45) is 0 Å². The minimum absolute atomic E-state index is 0.677. The molecule has 2 heterocycles. The number of piperazine rings is 1. The Balaban J connectivity index is 2.09. The van der Waals surface area contributed by atoms with Crippen molar-refractivity contribution in [1.82, 2.24) is 15.8 Å². The number of fused-ring (bicyclic) bond motifs is 2. The maximum Gasteiger partial charge on any atom is 0.0301 e. The molecule has 1 radical (unpaired) electrons. The lowest BCUT2D eigenvalue weighted by molar-refractivity contribution is 0.0827. The van der Waals surface area contributed by atoms with Crippen LogP contribution in [0, 0.1) is 0 Å². The molecule has 3 heteroatoms. The number of rotatable bonds is 0. The predicted molar refractivity (Wildman–Crippen MR) is 39.2 cm³/mol. The van der Waals surface area contributed by atoms with Crippen molar-refractivity contribution in [3.05, 3.63) is 0 Å². The second kappa shape index (κ2) is 2.19. The number of nitrogens with one attached hydrogen (secondary N) is 1. The lowest BCUT2D eigenvalue weighted by atomic mass is 10.2. The summed E-state index contributed by atoms with van der Waals surface area (Å²) in [5.41, 5.74) is 0. The molecule has 0 spiro atoms. The predicted octanol–water partition coefficient (Wildman–Crippen LogP) is -0.0373. The van der Waals surface area contributed by atoms with E-state index in [0.29, 0.717) is 12.1 Å². The lowest BCUT2D eigenvalue weighted by Gasteiger charge is -2.35. The van der Waals surface area contributed by atoms with Gasteiger partial charge in [0.25, 0.3) is 0 Å². The fourth-order valence-corrected chi connectivity index (χ4v) is 2.11. The summed E-state index contributed by atoms with van der Waals surface area (Å²) in [6.45, 7) is 1.90. The molecule has 2 unspecified atom stereocenters. The fourth-order valence-electron chi connectivity index (χ4n) is 2.11. The van der Waals surface area contributed by atoms with E-state index in [-0.39, 0.29) is 0 Å². The monoisotopic (exact) mass is 140 g/mol. The van der Waals surface area contributed by atoms with Crippen LogP contribution in [0.4, 0.5) is 0 Å². The first-order valence-corrected chi connectivity index (χ1v) is 3.95. The molecule has 57 valence electrons. The minimum atomic E-state index is 0.677. The van der Waals surface area contributed by atoms with Crippen molar-refractivity contribution in [3.8, 4) is 0 Å². The van der Waals surface area contributed by atoms with Gasteiger partial charge in [-0.15, -0.1) is 0 Å². The first-order valence-electron chi connectivity index (χ1n) is 3.95. The van der Waals surface area contributed by atoms with Crippen LogP contribution in [0.3, 0.4) is 0 Å². The average molecular weight is 140 g/mol. The summed E-state index contributed by atoms with van der Waals surface area (Å²) in [6.07, 6.45) is 2.60. The third kappa shape index (κ3) is 0.856. The highest BCUT2D eigenvalue weighted by Gasteiger charge is 2.36. The zero-order valence-corrected chi connectivity index (χ0v) is 6.38. The normalized spacial score (nSPS) is 42.6. The van der Waals surface area contributed by atoms with Crippen molar-refractivity contribution >= 4 is 0 Å². The number of likely N-dealkylation sites (N-methyl/N-ethyl adjacent to an activating group) is 1. The van der Waals surface area contributed by atoms with Gasteiger partial charge in [-0.1, -0.05) is 0 Å². The summed E-state index contributed by atoms with van der Waals surface area (Å²) in [6, 6.07) is 1.35. The zero-order valence-electron chi connectivity index (χ0n) is 6.38. The highest BCUT2D eigenvalue weighted by molar-refractivity contribution is 4.92. The largest absolute Gasteiger partial charge is 0.298 e. The number of hydrogen-bond acceptors (Lipinski definition) is 2. The molecule has 0 aromatic carbocycles. The molecule has 2 aliphatic rings. The van der Waals surface area contributed by atoms with E-state index in [2.05, 4.69) is 11.9 Å². The van der Waals surface area contributed by atoms with Crippen LogP contribution in [0.1, 0.15) is 12.8 Å². The third-order valence-electron chi connectivity index (χ3n) is 2.85. The fraction of sp³-hybridized carbons (Fsp3) is 1.00. The van der Waals surface area contributed by atoms with Gasteiger partial charge in [0.15, 0.2) is 0 Å². The van der Waals surface area contributed by atoms with E-state index in [9.17, 15) is 0 Å². The van der Waals surface area contributed by atoms with Crippen LogP contribution in [0.25, 0.3) is 0 Å². The van der Waals surface area contributed by atoms with E-state index >= 15 is 0 Å². The molecule has 2 aliphatic heterocycles. The standard InChI is InChI=1S/C7H14N3/c1-9-6-2-3-7(9)5-10(8)4-6/h6-8H,2-5H2,1H3.